The molecule has 104 valence electrons. The number of carboxylic acid groups (broad SMARTS) is 1. The van der Waals surface area contributed by atoms with Gasteiger partial charge in [-0.15, -0.1) is 0 Å². The van der Waals surface area contributed by atoms with Crippen LogP contribution in [0.4, 0.5) is 5.82 Å². The van der Waals surface area contributed by atoms with E-state index < -0.39 is 11.9 Å². The summed E-state index contributed by atoms with van der Waals surface area (Å²) in [4.78, 5) is 18.0. The van der Waals surface area contributed by atoms with Crippen molar-refractivity contribution in [3.63, 3.8) is 0 Å². The number of rotatable bonds is 5. The average molecular weight is 263 g/mol. The summed E-state index contributed by atoms with van der Waals surface area (Å²) in [7, 11) is 1.96. The lowest BCUT2D eigenvalue weighted by atomic mass is 9.97. The molecule has 2 atom stereocenters. The first-order valence-electron chi connectivity index (χ1n) is 6.77. The molecule has 0 amide bonds. The number of hydrogen-bond donors (Lipinski definition) is 2. The summed E-state index contributed by atoms with van der Waals surface area (Å²) in [6, 6.07) is 4.16. The Labute approximate surface area is 113 Å². The molecule has 1 unspecified atom stereocenters. The third-order valence-electron chi connectivity index (χ3n) is 3.79. The largest absolute Gasteiger partial charge is 0.481 e. The number of hydrogen-bond acceptors (Lipinski definition) is 4. The van der Waals surface area contributed by atoms with Crippen molar-refractivity contribution in [2.45, 2.75) is 31.7 Å². The number of anilines is 1. The Hall–Kier alpha value is -1.62. The third kappa shape index (κ3) is 2.87. The van der Waals surface area contributed by atoms with Crippen LogP contribution in [0.1, 0.15) is 31.2 Å². The van der Waals surface area contributed by atoms with Gasteiger partial charge in [-0.1, -0.05) is 13.0 Å². The first-order chi connectivity index (χ1) is 9.17. The van der Waals surface area contributed by atoms with Crippen LogP contribution < -0.4 is 10.2 Å². The van der Waals surface area contributed by atoms with Gasteiger partial charge in [0.2, 0.25) is 0 Å². The van der Waals surface area contributed by atoms with E-state index in [1.165, 1.54) is 0 Å². The van der Waals surface area contributed by atoms with E-state index in [9.17, 15) is 9.90 Å². The van der Waals surface area contributed by atoms with E-state index in [4.69, 9.17) is 0 Å². The fourth-order valence-electron chi connectivity index (χ4n) is 2.66. The van der Waals surface area contributed by atoms with Crippen LogP contribution in [0.25, 0.3) is 0 Å². The van der Waals surface area contributed by atoms with Crippen molar-refractivity contribution in [1.29, 1.82) is 0 Å². The lowest BCUT2D eigenvalue weighted by molar-refractivity contribution is -0.138. The van der Waals surface area contributed by atoms with E-state index in [0.29, 0.717) is 12.5 Å². The number of pyridine rings is 1. The molecule has 0 radical (unpaired) electrons. The Morgan fingerprint density at radius 2 is 2.47 bits per heavy atom. The molecule has 2 N–H and O–H groups in total. The molecule has 19 heavy (non-hydrogen) atoms. The molecule has 2 heterocycles. The van der Waals surface area contributed by atoms with Crippen molar-refractivity contribution in [2.24, 2.45) is 0 Å². The predicted molar refractivity (Wildman–Crippen MR) is 74.6 cm³/mol. The summed E-state index contributed by atoms with van der Waals surface area (Å²) >= 11 is 0. The van der Waals surface area contributed by atoms with Crippen molar-refractivity contribution in [1.82, 2.24) is 10.3 Å². The molecule has 0 aromatic carbocycles. The van der Waals surface area contributed by atoms with Gasteiger partial charge >= 0.3 is 5.97 Å². The zero-order valence-corrected chi connectivity index (χ0v) is 11.5. The fraction of sp³-hybridized carbons (Fsp3) is 0.571. The van der Waals surface area contributed by atoms with Crippen LogP contribution in [0.15, 0.2) is 18.3 Å². The van der Waals surface area contributed by atoms with E-state index in [2.05, 4.69) is 15.2 Å². The quantitative estimate of drug-likeness (QED) is 0.842. The summed E-state index contributed by atoms with van der Waals surface area (Å²) in [6.45, 7) is 3.71. The second-order valence-corrected chi connectivity index (χ2v) is 4.94. The van der Waals surface area contributed by atoms with Crippen molar-refractivity contribution in [3.05, 3.63) is 23.9 Å². The first-order valence-corrected chi connectivity index (χ1v) is 6.77. The molecule has 1 aromatic rings. The molecule has 0 bridgehead atoms. The van der Waals surface area contributed by atoms with Gasteiger partial charge < -0.3 is 15.3 Å². The first kappa shape index (κ1) is 13.8. The van der Waals surface area contributed by atoms with E-state index >= 15 is 0 Å². The van der Waals surface area contributed by atoms with Gasteiger partial charge in [0, 0.05) is 30.9 Å². The highest BCUT2D eigenvalue weighted by Gasteiger charge is 2.28. The number of likely N-dealkylation sites (N-methyl/N-ethyl adjacent to an activating group) is 1. The molecular formula is C14H21N3O2. The Kier molecular flexibility index (Phi) is 4.37. The topological polar surface area (TPSA) is 65.5 Å². The maximum atomic E-state index is 11.4. The van der Waals surface area contributed by atoms with Gasteiger partial charge in [0.05, 0.1) is 5.92 Å². The van der Waals surface area contributed by atoms with Gasteiger partial charge in [0.15, 0.2) is 0 Å². The highest BCUT2D eigenvalue weighted by atomic mass is 16.4. The second-order valence-electron chi connectivity index (χ2n) is 4.94. The summed E-state index contributed by atoms with van der Waals surface area (Å²) in [5, 5.41) is 12.6. The van der Waals surface area contributed by atoms with Crippen LogP contribution >= 0.6 is 0 Å². The molecule has 5 heteroatoms. The molecule has 1 fully saturated rings. The van der Waals surface area contributed by atoms with E-state index in [1.54, 1.807) is 6.20 Å². The minimum Gasteiger partial charge on any atom is -0.481 e. The van der Waals surface area contributed by atoms with Crippen molar-refractivity contribution in [2.75, 3.05) is 25.0 Å². The van der Waals surface area contributed by atoms with Crippen LogP contribution in [-0.2, 0) is 4.79 Å². The molecule has 0 saturated carbocycles. The number of carboxylic acids is 1. The zero-order valence-electron chi connectivity index (χ0n) is 11.5. The highest BCUT2D eigenvalue weighted by molar-refractivity contribution is 5.78. The average Bonchev–Trinajstić information content (AvgIpc) is 2.88. The second kappa shape index (κ2) is 6.02. The molecule has 0 aliphatic carbocycles. The summed E-state index contributed by atoms with van der Waals surface area (Å²) < 4.78 is 0. The predicted octanol–water partition coefficient (Wildman–Crippen LogP) is 1.46. The van der Waals surface area contributed by atoms with E-state index in [0.717, 1.165) is 30.9 Å². The maximum Gasteiger partial charge on any atom is 0.311 e. The lowest BCUT2D eigenvalue weighted by Gasteiger charge is -2.23. The molecule has 0 spiro atoms. The maximum absolute atomic E-state index is 11.4. The summed E-state index contributed by atoms with van der Waals surface area (Å²) in [6.07, 6.45) is 3.38. The minimum atomic E-state index is -0.777. The molecular weight excluding hydrogens is 242 g/mol. The SMILES string of the molecule is CCC(C(=O)O)c1cccnc1N1CC[C@H](NC)C1. The Morgan fingerprint density at radius 3 is 3.05 bits per heavy atom. The van der Waals surface area contributed by atoms with Gasteiger partial charge in [0.1, 0.15) is 5.82 Å². The van der Waals surface area contributed by atoms with Crippen molar-refractivity contribution < 1.29 is 9.90 Å². The Balaban J connectivity index is 2.28. The Morgan fingerprint density at radius 1 is 1.68 bits per heavy atom. The molecule has 1 aliphatic heterocycles. The van der Waals surface area contributed by atoms with Crippen LogP contribution in [0, 0.1) is 0 Å². The minimum absolute atomic E-state index is 0.458. The van der Waals surface area contributed by atoms with Gasteiger partial charge in [-0.05, 0) is 26.0 Å². The summed E-state index contributed by atoms with van der Waals surface area (Å²) in [5.41, 5.74) is 0.828. The molecule has 1 aliphatic rings. The van der Waals surface area contributed by atoms with Crippen LogP contribution in [0.2, 0.25) is 0 Å². The number of aliphatic carboxylic acids is 1. The highest BCUT2D eigenvalue weighted by Crippen LogP contribution is 2.30. The van der Waals surface area contributed by atoms with Crippen molar-refractivity contribution >= 4 is 11.8 Å². The monoisotopic (exact) mass is 263 g/mol. The number of carbonyl (C=O) groups is 1. The summed E-state index contributed by atoms with van der Waals surface area (Å²) in [5.74, 6) is -0.423. The van der Waals surface area contributed by atoms with Gasteiger partial charge in [0.25, 0.3) is 0 Å². The molecule has 5 nitrogen and oxygen atoms in total. The zero-order chi connectivity index (χ0) is 13.8. The molecule has 1 aromatic heterocycles. The van der Waals surface area contributed by atoms with E-state index in [-0.39, 0.29) is 0 Å². The van der Waals surface area contributed by atoms with Crippen molar-refractivity contribution in [3.8, 4) is 0 Å². The van der Waals surface area contributed by atoms with Gasteiger partial charge in [-0.25, -0.2) is 4.98 Å². The number of aromatic nitrogens is 1. The standard InChI is InChI=1S/C14H21N3O2/c1-3-11(14(18)19)12-5-4-7-16-13(12)17-8-6-10(9-17)15-2/h4-5,7,10-11,15H,3,6,8-9H2,1-2H3,(H,18,19)/t10-,11?/m0/s1. The lowest BCUT2D eigenvalue weighted by Crippen LogP contribution is -2.30. The Bertz CT molecular complexity index is 450. The fourth-order valence-corrected chi connectivity index (χ4v) is 2.66. The van der Waals surface area contributed by atoms with Crippen LogP contribution in [0.5, 0.6) is 0 Å². The van der Waals surface area contributed by atoms with Gasteiger partial charge in [-0.3, -0.25) is 4.79 Å². The van der Waals surface area contributed by atoms with Gasteiger partial charge in [-0.2, -0.15) is 0 Å². The molecule has 1 saturated heterocycles. The number of nitrogens with one attached hydrogen (secondary N) is 1. The molecule has 2 rings (SSSR count). The van der Waals surface area contributed by atoms with E-state index in [1.807, 2.05) is 26.1 Å². The van der Waals surface area contributed by atoms with Crippen LogP contribution in [-0.4, -0.2) is 42.2 Å². The third-order valence-corrected chi connectivity index (χ3v) is 3.79. The smallest absolute Gasteiger partial charge is 0.311 e. The number of nitrogens with zero attached hydrogens (tertiary/aromatic N) is 2. The normalized spacial score (nSPS) is 20.5. The van der Waals surface area contributed by atoms with Crippen LogP contribution in [0.3, 0.4) is 0 Å².